The summed E-state index contributed by atoms with van der Waals surface area (Å²) in [4.78, 5) is 11.4. The van der Waals surface area contributed by atoms with E-state index in [0.29, 0.717) is 0 Å². The number of benzene rings is 1. The number of nitrogens with one attached hydrogen (secondary N) is 2. The molecule has 1 rings (SSSR count). The van der Waals surface area contributed by atoms with Crippen LogP contribution >= 0.6 is 0 Å². The summed E-state index contributed by atoms with van der Waals surface area (Å²) in [6, 6.07) is 3.63. The van der Waals surface area contributed by atoms with E-state index in [1.54, 1.807) is 0 Å². The van der Waals surface area contributed by atoms with Gasteiger partial charge in [-0.05, 0) is 25.5 Å². The standard InChI is InChI=1S/C12H16F2N2O/c1-3-8(2)15-7-11(17)16-12-9(13)5-4-6-10(12)14/h4-6,8,15H,3,7H2,1-2H3,(H,16,17). The zero-order valence-electron chi connectivity index (χ0n) is 9.89. The molecule has 0 fully saturated rings. The van der Waals surface area contributed by atoms with Crippen LogP contribution in [0.4, 0.5) is 14.5 Å². The maximum absolute atomic E-state index is 13.2. The summed E-state index contributed by atoms with van der Waals surface area (Å²) in [5, 5.41) is 5.14. The van der Waals surface area contributed by atoms with Crippen molar-refractivity contribution in [2.75, 3.05) is 11.9 Å². The van der Waals surface area contributed by atoms with Crippen LogP contribution < -0.4 is 10.6 Å². The molecule has 1 aromatic carbocycles. The van der Waals surface area contributed by atoms with Crippen LogP contribution in [0.1, 0.15) is 20.3 Å². The summed E-state index contributed by atoms with van der Waals surface area (Å²) in [7, 11) is 0. The fraction of sp³-hybridized carbons (Fsp3) is 0.417. The van der Waals surface area contributed by atoms with Gasteiger partial charge in [-0.25, -0.2) is 8.78 Å². The number of anilines is 1. The molecule has 0 aliphatic heterocycles. The van der Waals surface area contributed by atoms with Crippen LogP contribution in [-0.2, 0) is 4.79 Å². The quantitative estimate of drug-likeness (QED) is 0.831. The molecule has 94 valence electrons. The summed E-state index contributed by atoms with van der Waals surface area (Å²) in [6.07, 6.45) is 0.876. The van der Waals surface area contributed by atoms with Gasteiger partial charge >= 0.3 is 0 Å². The molecule has 0 radical (unpaired) electrons. The Morgan fingerprint density at radius 1 is 1.35 bits per heavy atom. The molecule has 0 aliphatic carbocycles. The number of carbonyl (C=O) groups excluding carboxylic acids is 1. The van der Waals surface area contributed by atoms with Crippen LogP contribution in [0, 0.1) is 11.6 Å². The van der Waals surface area contributed by atoms with Crippen molar-refractivity contribution in [2.45, 2.75) is 26.3 Å². The SMILES string of the molecule is CCC(C)NCC(=O)Nc1c(F)cccc1F. The lowest BCUT2D eigenvalue weighted by Crippen LogP contribution is -2.34. The molecule has 5 heteroatoms. The Morgan fingerprint density at radius 2 is 1.94 bits per heavy atom. The lowest BCUT2D eigenvalue weighted by Gasteiger charge is -2.11. The number of carbonyl (C=O) groups is 1. The lowest BCUT2D eigenvalue weighted by molar-refractivity contribution is -0.115. The normalized spacial score (nSPS) is 12.2. The Bertz CT molecular complexity index is 376. The number of hydrogen-bond acceptors (Lipinski definition) is 2. The van der Waals surface area contributed by atoms with Crippen molar-refractivity contribution in [3.63, 3.8) is 0 Å². The molecule has 1 unspecified atom stereocenters. The Kier molecular flexibility index (Phi) is 5.03. The van der Waals surface area contributed by atoms with Gasteiger partial charge < -0.3 is 10.6 Å². The van der Waals surface area contributed by atoms with E-state index in [1.165, 1.54) is 6.07 Å². The van der Waals surface area contributed by atoms with Gasteiger partial charge in [-0.3, -0.25) is 4.79 Å². The van der Waals surface area contributed by atoms with Gasteiger partial charge in [-0.1, -0.05) is 13.0 Å². The summed E-state index contributed by atoms with van der Waals surface area (Å²) >= 11 is 0. The van der Waals surface area contributed by atoms with Crippen molar-refractivity contribution >= 4 is 11.6 Å². The average molecular weight is 242 g/mol. The summed E-state index contributed by atoms with van der Waals surface area (Å²) < 4.78 is 26.4. The largest absolute Gasteiger partial charge is 0.320 e. The Labute approximate surface area is 99.2 Å². The molecule has 0 heterocycles. The molecule has 2 N–H and O–H groups in total. The predicted molar refractivity (Wildman–Crippen MR) is 62.7 cm³/mol. The molecule has 3 nitrogen and oxygen atoms in total. The lowest BCUT2D eigenvalue weighted by atomic mass is 10.2. The van der Waals surface area contributed by atoms with Crippen LogP contribution in [0.25, 0.3) is 0 Å². The van der Waals surface area contributed by atoms with E-state index in [9.17, 15) is 13.6 Å². The predicted octanol–water partition coefficient (Wildman–Crippen LogP) is 2.29. The second-order valence-corrected chi connectivity index (χ2v) is 3.84. The minimum Gasteiger partial charge on any atom is -0.320 e. The van der Waals surface area contributed by atoms with E-state index in [4.69, 9.17) is 0 Å². The highest BCUT2D eigenvalue weighted by molar-refractivity contribution is 5.92. The minimum absolute atomic E-state index is 0.0305. The Balaban J connectivity index is 2.56. The Morgan fingerprint density at radius 3 is 2.47 bits per heavy atom. The summed E-state index contributed by atoms with van der Waals surface area (Å²) in [6.45, 7) is 3.94. The first-order chi connectivity index (χ1) is 8.04. The van der Waals surface area contributed by atoms with E-state index >= 15 is 0 Å². The highest BCUT2D eigenvalue weighted by Gasteiger charge is 2.11. The van der Waals surface area contributed by atoms with Gasteiger partial charge in [0, 0.05) is 6.04 Å². The van der Waals surface area contributed by atoms with Gasteiger partial charge in [0.1, 0.15) is 17.3 Å². The summed E-state index contributed by atoms with van der Waals surface area (Å²) in [5.41, 5.74) is -0.400. The van der Waals surface area contributed by atoms with Crippen molar-refractivity contribution in [1.82, 2.24) is 5.32 Å². The van der Waals surface area contributed by atoms with Gasteiger partial charge in [0.05, 0.1) is 6.54 Å². The second-order valence-electron chi connectivity index (χ2n) is 3.84. The third kappa shape index (κ3) is 4.11. The van der Waals surface area contributed by atoms with Crippen molar-refractivity contribution < 1.29 is 13.6 Å². The smallest absolute Gasteiger partial charge is 0.238 e. The zero-order valence-corrected chi connectivity index (χ0v) is 9.89. The maximum Gasteiger partial charge on any atom is 0.238 e. The number of halogens is 2. The number of rotatable bonds is 5. The third-order valence-electron chi connectivity index (χ3n) is 2.45. The van der Waals surface area contributed by atoms with Gasteiger partial charge in [-0.2, -0.15) is 0 Å². The highest BCUT2D eigenvalue weighted by Crippen LogP contribution is 2.17. The Hall–Kier alpha value is -1.49. The number of amides is 1. The van der Waals surface area contributed by atoms with E-state index in [-0.39, 0.29) is 12.6 Å². The molecule has 0 bridgehead atoms. The minimum atomic E-state index is -0.776. The fourth-order valence-electron chi connectivity index (χ4n) is 1.21. The first-order valence-electron chi connectivity index (χ1n) is 5.51. The van der Waals surface area contributed by atoms with Crippen molar-refractivity contribution in [3.05, 3.63) is 29.8 Å². The average Bonchev–Trinajstić information content (AvgIpc) is 2.31. The molecule has 1 amide bonds. The van der Waals surface area contributed by atoms with Crippen LogP contribution in [0.3, 0.4) is 0 Å². The van der Waals surface area contributed by atoms with Crippen LogP contribution in [0.5, 0.6) is 0 Å². The fourth-order valence-corrected chi connectivity index (χ4v) is 1.21. The van der Waals surface area contributed by atoms with Gasteiger partial charge in [0.15, 0.2) is 0 Å². The summed E-state index contributed by atoms with van der Waals surface area (Å²) in [5.74, 6) is -2.02. The first-order valence-corrected chi connectivity index (χ1v) is 5.51. The molecule has 0 saturated heterocycles. The number of hydrogen-bond donors (Lipinski definition) is 2. The van der Waals surface area contributed by atoms with Crippen molar-refractivity contribution in [2.24, 2.45) is 0 Å². The van der Waals surface area contributed by atoms with Crippen LogP contribution in [-0.4, -0.2) is 18.5 Å². The van der Waals surface area contributed by atoms with Gasteiger partial charge in [0.25, 0.3) is 0 Å². The molecular weight excluding hydrogens is 226 g/mol. The molecule has 1 aromatic rings. The number of para-hydroxylation sites is 1. The molecule has 17 heavy (non-hydrogen) atoms. The monoisotopic (exact) mass is 242 g/mol. The van der Waals surface area contributed by atoms with E-state index in [2.05, 4.69) is 10.6 Å². The van der Waals surface area contributed by atoms with E-state index in [1.807, 2.05) is 13.8 Å². The van der Waals surface area contributed by atoms with Crippen molar-refractivity contribution in [1.29, 1.82) is 0 Å². The molecule has 0 aliphatic rings. The first kappa shape index (κ1) is 13.6. The van der Waals surface area contributed by atoms with Crippen LogP contribution in [0.15, 0.2) is 18.2 Å². The van der Waals surface area contributed by atoms with E-state index in [0.717, 1.165) is 18.6 Å². The molecule has 1 atom stereocenters. The van der Waals surface area contributed by atoms with E-state index < -0.39 is 23.2 Å². The maximum atomic E-state index is 13.2. The molecule has 0 aromatic heterocycles. The van der Waals surface area contributed by atoms with Gasteiger partial charge in [0.2, 0.25) is 5.91 Å². The highest BCUT2D eigenvalue weighted by atomic mass is 19.1. The molecular formula is C12H16F2N2O. The van der Waals surface area contributed by atoms with Crippen molar-refractivity contribution in [3.8, 4) is 0 Å². The van der Waals surface area contributed by atoms with Gasteiger partial charge in [-0.15, -0.1) is 0 Å². The zero-order chi connectivity index (χ0) is 12.8. The molecule has 0 saturated carbocycles. The third-order valence-corrected chi connectivity index (χ3v) is 2.45. The van der Waals surface area contributed by atoms with Crippen LogP contribution in [0.2, 0.25) is 0 Å². The topological polar surface area (TPSA) is 41.1 Å². The second kappa shape index (κ2) is 6.30. The molecule has 0 spiro atoms.